The van der Waals surface area contributed by atoms with Gasteiger partial charge in [0.2, 0.25) is 10.0 Å². The Morgan fingerprint density at radius 3 is 2.42 bits per heavy atom. The zero-order valence-electron chi connectivity index (χ0n) is 12.9. The summed E-state index contributed by atoms with van der Waals surface area (Å²) in [6, 6.07) is 13.7. The normalized spacial score (nSPS) is 20.6. The monoisotopic (exact) mass is 384 g/mol. The molecule has 2 aromatic rings. The van der Waals surface area contributed by atoms with Crippen LogP contribution in [-0.2, 0) is 10.0 Å². The van der Waals surface area contributed by atoms with Crippen LogP contribution in [0.4, 0.5) is 0 Å². The lowest BCUT2D eigenvalue weighted by Gasteiger charge is -2.32. The summed E-state index contributed by atoms with van der Waals surface area (Å²) >= 11 is 12.2. The fourth-order valence-electron chi connectivity index (χ4n) is 3.29. The summed E-state index contributed by atoms with van der Waals surface area (Å²) in [6.07, 6.45) is 1.70. The molecule has 0 heterocycles. The van der Waals surface area contributed by atoms with Gasteiger partial charge in [-0.15, -0.1) is 0 Å². The smallest absolute Gasteiger partial charge is 0.222 e. The van der Waals surface area contributed by atoms with Crippen LogP contribution < -0.4 is 10.5 Å². The van der Waals surface area contributed by atoms with Gasteiger partial charge in [-0.3, -0.25) is 5.32 Å². The van der Waals surface area contributed by atoms with Gasteiger partial charge in [0, 0.05) is 12.0 Å². The second-order valence-electron chi connectivity index (χ2n) is 6.00. The van der Waals surface area contributed by atoms with Gasteiger partial charge in [-0.05, 0) is 41.7 Å². The number of fused-ring (bicyclic) bond motifs is 1. The maximum atomic E-state index is 11.2. The molecule has 0 aliphatic heterocycles. The van der Waals surface area contributed by atoms with E-state index in [4.69, 9.17) is 28.3 Å². The third-order valence-corrected chi connectivity index (χ3v) is 5.68. The molecule has 2 aromatic carbocycles. The van der Waals surface area contributed by atoms with Crippen LogP contribution in [0.2, 0.25) is 10.0 Å². The van der Waals surface area contributed by atoms with Gasteiger partial charge in [-0.1, -0.05) is 53.5 Å². The summed E-state index contributed by atoms with van der Waals surface area (Å²) in [6.45, 7) is 0. The molecule has 0 saturated heterocycles. The molecule has 0 fully saturated rings. The fourth-order valence-corrected chi connectivity index (χ4v) is 4.03. The summed E-state index contributed by atoms with van der Waals surface area (Å²) in [5.41, 5.74) is 3.39. The minimum atomic E-state index is -3.55. The predicted molar refractivity (Wildman–Crippen MR) is 97.8 cm³/mol. The van der Waals surface area contributed by atoms with Gasteiger partial charge < -0.3 is 0 Å². The molecule has 3 rings (SSSR count). The first-order valence-electron chi connectivity index (χ1n) is 7.63. The molecule has 3 N–H and O–H groups in total. The standard InChI is InChI=1S/C17H18Cl2N2O2S/c18-15-7-5-11(9-16(15)19)12-6-8-17(21-10-24(20,22)23)14-4-2-1-3-13(12)14/h1-5,7,9,12,17,21H,6,8,10H2,(H2,20,22,23)/t12-,17-/m0/s1. The van der Waals surface area contributed by atoms with Crippen molar-refractivity contribution in [3.63, 3.8) is 0 Å². The number of nitrogens with one attached hydrogen (secondary N) is 1. The summed E-state index contributed by atoms with van der Waals surface area (Å²) in [4.78, 5) is 0. The van der Waals surface area contributed by atoms with E-state index in [9.17, 15) is 8.42 Å². The number of rotatable bonds is 4. The average molecular weight is 385 g/mol. The predicted octanol–water partition coefficient (Wildman–Crippen LogP) is 3.80. The highest BCUT2D eigenvalue weighted by molar-refractivity contribution is 7.89. The van der Waals surface area contributed by atoms with E-state index in [0.717, 1.165) is 24.0 Å². The van der Waals surface area contributed by atoms with Crippen LogP contribution in [0.15, 0.2) is 42.5 Å². The van der Waals surface area contributed by atoms with Crippen molar-refractivity contribution in [3.05, 3.63) is 69.2 Å². The number of hydrogen-bond donors (Lipinski definition) is 2. The van der Waals surface area contributed by atoms with Crippen molar-refractivity contribution in [1.29, 1.82) is 0 Å². The number of sulfonamides is 1. The van der Waals surface area contributed by atoms with Crippen molar-refractivity contribution < 1.29 is 8.42 Å². The highest BCUT2D eigenvalue weighted by Crippen LogP contribution is 2.42. The Labute approximate surface area is 152 Å². The van der Waals surface area contributed by atoms with Crippen molar-refractivity contribution >= 4 is 33.2 Å². The van der Waals surface area contributed by atoms with Gasteiger partial charge in [-0.2, -0.15) is 0 Å². The topological polar surface area (TPSA) is 72.2 Å². The van der Waals surface area contributed by atoms with E-state index in [-0.39, 0.29) is 17.8 Å². The van der Waals surface area contributed by atoms with Gasteiger partial charge in [-0.25, -0.2) is 13.6 Å². The number of halogens is 2. The molecule has 1 aliphatic rings. The lowest BCUT2D eigenvalue weighted by molar-refractivity contribution is 0.459. The van der Waals surface area contributed by atoms with Gasteiger partial charge in [0.05, 0.1) is 10.0 Å². The van der Waals surface area contributed by atoms with Crippen LogP contribution >= 0.6 is 23.2 Å². The SMILES string of the molecule is NS(=O)(=O)CN[C@H]1CC[C@@H](c2ccc(Cl)c(Cl)c2)c2ccccc21. The lowest BCUT2D eigenvalue weighted by Crippen LogP contribution is -2.34. The van der Waals surface area contributed by atoms with E-state index in [1.807, 2.05) is 36.4 Å². The molecular weight excluding hydrogens is 367 g/mol. The molecule has 128 valence electrons. The molecule has 4 nitrogen and oxygen atoms in total. The number of primary sulfonamides is 1. The van der Waals surface area contributed by atoms with E-state index in [0.29, 0.717) is 10.0 Å². The van der Waals surface area contributed by atoms with Crippen LogP contribution in [0.1, 0.15) is 41.5 Å². The third kappa shape index (κ3) is 3.92. The third-order valence-electron chi connectivity index (χ3n) is 4.37. The molecule has 2 atom stereocenters. The van der Waals surface area contributed by atoms with E-state index >= 15 is 0 Å². The molecular formula is C17H18Cl2N2O2S. The Hall–Kier alpha value is -1.11. The van der Waals surface area contributed by atoms with Crippen molar-refractivity contribution in [2.24, 2.45) is 5.14 Å². The van der Waals surface area contributed by atoms with E-state index in [2.05, 4.69) is 11.4 Å². The first kappa shape index (κ1) is 17.7. The molecule has 0 spiro atoms. The molecule has 0 amide bonds. The van der Waals surface area contributed by atoms with Gasteiger partial charge in [0.1, 0.15) is 5.88 Å². The van der Waals surface area contributed by atoms with Crippen molar-refractivity contribution in [1.82, 2.24) is 5.32 Å². The Morgan fingerprint density at radius 1 is 1.04 bits per heavy atom. The van der Waals surface area contributed by atoms with Crippen molar-refractivity contribution in [2.75, 3.05) is 5.88 Å². The number of hydrogen-bond acceptors (Lipinski definition) is 3. The Kier molecular flexibility index (Phi) is 5.18. The van der Waals surface area contributed by atoms with Crippen molar-refractivity contribution in [3.8, 4) is 0 Å². The Morgan fingerprint density at radius 2 is 1.75 bits per heavy atom. The lowest BCUT2D eigenvalue weighted by atomic mass is 9.77. The van der Waals surface area contributed by atoms with Crippen LogP contribution in [0.3, 0.4) is 0 Å². The molecule has 24 heavy (non-hydrogen) atoms. The largest absolute Gasteiger partial charge is 0.296 e. The Bertz CT molecular complexity index is 855. The number of nitrogens with two attached hydrogens (primary N) is 1. The number of benzene rings is 2. The van der Waals surface area contributed by atoms with Crippen LogP contribution in [-0.4, -0.2) is 14.3 Å². The second kappa shape index (κ2) is 7.02. The van der Waals surface area contributed by atoms with Crippen LogP contribution in [0, 0.1) is 0 Å². The molecule has 0 unspecified atom stereocenters. The summed E-state index contributed by atoms with van der Waals surface area (Å²) < 4.78 is 22.5. The molecule has 0 aromatic heterocycles. The minimum Gasteiger partial charge on any atom is -0.296 e. The average Bonchev–Trinajstić information content (AvgIpc) is 2.54. The second-order valence-corrected chi connectivity index (χ2v) is 8.43. The van der Waals surface area contributed by atoms with Gasteiger partial charge >= 0.3 is 0 Å². The minimum absolute atomic E-state index is 0.0291. The quantitative estimate of drug-likeness (QED) is 0.841. The van der Waals surface area contributed by atoms with Crippen LogP contribution in [0.5, 0.6) is 0 Å². The van der Waals surface area contributed by atoms with Gasteiger partial charge in [0.25, 0.3) is 0 Å². The molecule has 0 saturated carbocycles. The zero-order valence-corrected chi connectivity index (χ0v) is 15.2. The Balaban J connectivity index is 1.92. The summed E-state index contributed by atoms with van der Waals surface area (Å²) in [5, 5.41) is 9.24. The molecule has 0 radical (unpaired) electrons. The molecule has 0 bridgehead atoms. The van der Waals surface area contributed by atoms with E-state index < -0.39 is 10.0 Å². The molecule has 7 heteroatoms. The maximum absolute atomic E-state index is 11.2. The highest BCUT2D eigenvalue weighted by atomic mass is 35.5. The fraction of sp³-hybridized carbons (Fsp3) is 0.294. The van der Waals surface area contributed by atoms with E-state index in [1.54, 1.807) is 0 Å². The highest BCUT2D eigenvalue weighted by Gasteiger charge is 2.28. The maximum Gasteiger partial charge on any atom is 0.222 e. The zero-order chi connectivity index (χ0) is 17.3. The summed E-state index contributed by atoms with van der Waals surface area (Å²) in [5.74, 6) is -0.0211. The van der Waals surface area contributed by atoms with Crippen molar-refractivity contribution in [2.45, 2.75) is 24.8 Å². The van der Waals surface area contributed by atoms with Crippen LogP contribution in [0.25, 0.3) is 0 Å². The van der Waals surface area contributed by atoms with E-state index in [1.165, 1.54) is 5.56 Å². The van der Waals surface area contributed by atoms with Gasteiger partial charge in [0.15, 0.2) is 0 Å². The summed E-state index contributed by atoms with van der Waals surface area (Å²) in [7, 11) is -3.55. The molecule has 1 aliphatic carbocycles. The first-order chi connectivity index (χ1) is 11.3. The first-order valence-corrected chi connectivity index (χ1v) is 10.1.